The second kappa shape index (κ2) is 2.66. The summed E-state index contributed by atoms with van der Waals surface area (Å²) in [5, 5.41) is 0. The third-order valence-electron chi connectivity index (χ3n) is 0.287. The van der Waals surface area contributed by atoms with Crippen LogP contribution in [0.2, 0.25) is 0 Å². The number of carbonyl (C=O) groups excluding carboxylic acids is 1. The molecule has 0 aromatic rings. The lowest BCUT2D eigenvalue weighted by molar-refractivity contribution is -0.140. The Kier molecular flexibility index (Phi) is 2.40. The van der Waals surface area contributed by atoms with Gasteiger partial charge in [-0.1, -0.05) is 0 Å². The minimum absolute atomic E-state index is 0.0185. The maximum absolute atomic E-state index is 9.74. The summed E-state index contributed by atoms with van der Waals surface area (Å²) >= 11 is 0. The third kappa shape index (κ3) is 3.43. The lowest BCUT2D eigenvalue weighted by Gasteiger charge is -1.89. The Morgan fingerprint density at radius 2 is 2.50 bits per heavy atom. The molecule has 36 valence electrons. The monoisotopic (exact) mass is 89.0 g/mol. The zero-order chi connectivity index (χ0) is 4.99. The van der Waals surface area contributed by atoms with Crippen molar-refractivity contribution in [3.8, 4) is 0 Å². The summed E-state index contributed by atoms with van der Waals surface area (Å²) in [5.41, 5.74) is 4.79. The fourth-order valence-corrected chi connectivity index (χ4v) is 0.117. The molecule has 0 radical (unpaired) electrons. The molecule has 0 atom stereocenters. The molecule has 0 unspecified atom stereocenters. The first-order valence-corrected chi connectivity index (χ1v) is 1.61. The van der Waals surface area contributed by atoms with Gasteiger partial charge in [0.2, 0.25) is 0 Å². The second-order valence-corrected chi connectivity index (χ2v) is 0.803. The first kappa shape index (κ1) is 5.43. The molecule has 6 heavy (non-hydrogen) atoms. The van der Waals surface area contributed by atoms with Crippen LogP contribution in [0.1, 0.15) is 6.92 Å². The first-order chi connectivity index (χ1) is 2.77. The second-order valence-electron chi connectivity index (χ2n) is 0.803. The Labute approximate surface area is 36.1 Å². The summed E-state index contributed by atoms with van der Waals surface area (Å²) in [6.07, 6.45) is 0. The largest absolute Gasteiger partial charge is 0.450 e. The Morgan fingerprint density at radius 3 is 2.50 bits per heavy atom. The van der Waals surface area contributed by atoms with E-state index in [0.717, 1.165) is 0 Å². The van der Waals surface area contributed by atoms with Crippen LogP contribution >= 0.6 is 0 Å². The predicted octanol–water partition coefficient (Wildman–Crippen LogP) is -0.534. The number of nitrogens with two attached hydrogens (primary N) is 1. The van der Waals surface area contributed by atoms with Crippen LogP contribution in [0, 0.1) is 0 Å². The summed E-state index contributed by atoms with van der Waals surface area (Å²) < 4.78 is 4.18. The molecule has 0 aromatic carbocycles. The van der Waals surface area contributed by atoms with Crippen LogP contribution in [-0.4, -0.2) is 12.7 Å². The highest BCUT2D eigenvalue weighted by molar-refractivity contribution is 5.65. The predicted molar refractivity (Wildman–Crippen MR) is 20.8 cm³/mol. The topological polar surface area (TPSA) is 52.3 Å². The maximum Gasteiger partial charge on any atom is 0.303 e. The summed E-state index contributed by atoms with van der Waals surface area (Å²) in [6.45, 7) is 1.29. The highest BCUT2D eigenvalue weighted by Gasteiger charge is 1.81. The smallest absolute Gasteiger partial charge is 0.303 e. The van der Waals surface area contributed by atoms with Gasteiger partial charge in [-0.2, -0.15) is 0 Å². The molecule has 0 aliphatic carbocycles. The zero-order valence-corrected chi connectivity index (χ0v) is 3.60. The van der Waals surface area contributed by atoms with Gasteiger partial charge >= 0.3 is 5.97 Å². The van der Waals surface area contributed by atoms with E-state index in [-0.39, 0.29) is 12.7 Å². The molecule has 0 saturated carbocycles. The SMILES string of the molecule is CC(=O)OCN. The van der Waals surface area contributed by atoms with Crippen LogP contribution in [0.3, 0.4) is 0 Å². The van der Waals surface area contributed by atoms with Crippen LogP contribution in [0.15, 0.2) is 0 Å². The van der Waals surface area contributed by atoms with Crippen molar-refractivity contribution in [2.75, 3.05) is 6.73 Å². The highest BCUT2D eigenvalue weighted by Crippen LogP contribution is 1.64. The van der Waals surface area contributed by atoms with Crippen molar-refractivity contribution in [3.63, 3.8) is 0 Å². The van der Waals surface area contributed by atoms with Crippen LogP contribution in [0.4, 0.5) is 0 Å². The van der Waals surface area contributed by atoms with Gasteiger partial charge in [-0.3, -0.25) is 10.5 Å². The molecule has 0 aliphatic heterocycles. The van der Waals surface area contributed by atoms with Gasteiger partial charge < -0.3 is 4.74 Å². The van der Waals surface area contributed by atoms with E-state index in [1.807, 2.05) is 0 Å². The molecular weight excluding hydrogens is 82.0 g/mol. The average Bonchev–Trinajstić information content (AvgIpc) is 1.35. The Hall–Kier alpha value is -0.570. The maximum atomic E-state index is 9.74. The van der Waals surface area contributed by atoms with Crippen molar-refractivity contribution < 1.29 is 9.53 Å². The normalized spacial score (nSPS) is 7.67. The molecular formula is C3H7NO2. The van der Waals surface area contributed by atoms with E-state index in [0.29, 0.717) is 0 Å². The van der Waals surface area contributed by atoms with Gasteiger partial charge in [0.15, 0.2) is 0 Å². The number of hydrogen-bond acceptors (Lipinski definition) is 3. The van der Waals surface area contributed by atoms with Crippen molar-refractivity contribution in [2.24, 2.45) is 5.73 Å². The summed E-state index contributed by atoms with van der Waals surface area (Å²) in [6, 6.07) is 0. The van der Waals surface area contributed by atoms with Gasteiger partial charge in [-0.15, -0.1) is 0 Å². The van der Waals surface area contributed by atoms with Crippen LogP contribution < -0.4 is 5.73 Å². The van der Waals surface area contributed by atoms with Gasteiger partial charge in [-0.05, 0) is 0 Å². The number of rotatable bonds is 1. The fraction of sp³-hybridized carbons (Fsp3) is 0.667. The zero-order valence-electron chi connectivity index (χ0n) is 3.60. The van der Waals surface area contributed by atoms with E-state index in [2.05, 4.69) is 4.74 Å². The summed E-state index contributed by atoms with van der Waals surface area (Å²) in [5.74, 6) is -0.336. The fourth-order valence-electron chi connectivity index (χ4n) is 0.117. The Morgan fingerprint density at radius 1 is 2.00 bits per heavy atom. The minimum Gasteiger partial charge on any atom is -0.450 e. The summed E-state index contributed by atoms with van der Waals surface area (Å²) in [7, 11) is 0. The average molecular weight is 89.1 g/mol. The van der Waals surface area contributed by atoms with E-state index in [1.54, 1.807) is 0 Å². The molecule has 0 heterocycles. The molecule has 0 rings (SSSR count). The lowest BCUT2D eigenvalue weighted by atomic mass is 10.8. The van der Waals surface area contributed by atoms with Gasteiger partial charge in [0.05, 0.1) is 0 Å². The number of esters is 1. The molecule has 0 aromatic heterocycles. The van der Waals surface area contributed by atoms with Crippen molar-refractivity contribution in [1.82, 2.24) is 0 Å². The molecule has 3 nitrogen and oxygen atoms in total. The van der Waals surface area contributed by atoms with Gasteiger partial charge in [0.1, 0.15) is 6.73 Å². The molecule has 0 bridgehead atoms. The molecule has 3 heteroatoms. The number of carbonyl (C=O) groups is 1. The minimum atomic E-state index is -0.336. The van der Waals surface area contributed by atoms with Gasteiger partial charge in [0, 0.05) is 6.92 Å². The van der Waals surface area contributed by atoms with E-state index >= 15 is 0 Å². The molecule has 2 N–H and O–H groups in total. The third-order valence-corrected chi connectivity index (χ3v) is 0.287. The lowest BCUT2D eigenvalue weighted by Crippen LogP contribution is -2.07. The van der Waals surface area contributed by atoms with E-state index in [4.69, 9.17) is 5.73 Å². The van der Waals surface area contributed by atoms with Gasteiger partial charge in [-0.25, -0.2) is 0 Å². The van der Waals surface area contributed by atoms with E-state index < -0.39 is 0 Å². The highest BCUT2D eigenvalue weighted by atomic mass is 16.5. The summed E-state index contributed by atoms with van der Waals surface area (Å²) in [4.78, 5) is 9.74. The molecule has 0 fully saturated rings. The first-order valence-electron chi connectivity index (χ1n) is 1.61. The van der Waals surface area contributed by atoms with Crippen molar-refractivity contribution in [2.45, 2.75) is 6.92 Å². The Bertz CT molecular complexity index is 52.8. The molecule has 0 saturated heterocycles. The van der Waals surface area contributed by atoms with E-state index in [9.17, 15) is 4.79 Å². The van der Waals surface area contributed by atoms with Crippen molar-refractivity contribution in [3.05, 3.63) is 0 Å². The molecule has 0 amide bonds. The standard InChI is InChI=1S/C3H7NO2/c1-3(5)6-2-4/h2,4H2,1H3. The number of ether oxygens (including phenoxy) is 1. The van der Waals surface area contributed by atoms with Crippen LogP contribution in [-0.2, 0) is 9.53 Å². The van der Waals surface area contributed by atoms with E-state index in [1.165, 1.54) is 6.92 Å². The number of hydrogen-bond donors (Lipinski definition) is 1. The molecule has 0 aliphatic rings. The Balaban J connectivity index is 2.83. The van der Waals surface area contributed by atoms with Crippen molar-refractivity contribution >= 4 is 5.97 Å². The van der Waals surface area contributed by atoms with Crippen LogP contribution in [0.25, 0.3) is 0 Å². The van der Waals surface area contributed by atoms with Crippen molar-refractivity contribution in [1.29, 1.82) is 0 Å². The molecule has 0 spiro atoms. The quantitative estimate of drug-likeness (QED) is 0.347. The van der Waals surface area contributed by atoms with Crippen LogP contribution in [0.5, 0.6) is 0 Å². The van der Waals surface area contributed by atoms with Gasteiger partial charge in [0.25, 0.3) is 0 Å².